The third-order valence-electron chi connectivity index (χ3n) is 2.56. The van der Waals surface area contributed by atoms with Gasteiger partial charge in [0.05, 0.1) is 6.04 Å². The Hall–Kier alpha value is -1.62. The molecule has 0 amide bonds. The van der Waals surface area contributed by atoms with E-state index in [1.807, 2.05) is 26.1 Å². The largest absolute Gasteiger partial charge is 0.409 e. The molecule has 1 unspecified atom stereocenters. The van der Waals surface area contributed by atoms with Gasteiger partial charge in [-0.2, -0.15) is 0 Å². The van der Waals surface area contributed by atoms with Crippen LogP contribution in [0.1, 0.15) is 24.5 Å². The van der Waals surface area contributed by atoms with Crippen molar-refractivity contribution in [2.24, 2.45) is 10.9 Å². The molecule has 1 aromatic heterocycles. The quantitative estimate of drug-likeness (QED) is 0.300. The highest BCUT2D eigenvalue weighted by Crippen LogP contribution is 2.05. The molecule has 16 heavy (non-hydrogen) atoms. The molecule has 5 heteroatoms. The van der Waals surface area contributed by atoms with Crippen LogP contribution >= 0.6 is 0 Å². The zero-order valence-electron chi connectivity index (χ0n) is 9.64. The van der Waals surface area contributed by atoms with Crippen molar-refractivity contribution in [1.29, 1.82) is 0 Å². The van der Waals surface area contributed by atoms with Crippen LogP contribution in [0.3, 0.4) is 0 Å². The van der Waals surface area contributed by atoms with Crippen molar-refractivity contribution in [1.82, 2.24) is 10.3 Å². The van der Waals surface area contributed by atoms with Gasteiger partial charge in [-0.25, -0.2) is 0 Å². The molecule has 0 aromatic carbocycles. The summed E-state index contributed by atoms with van der Waals surface area (Å²) in [6, 6.07) is 1.86. The highest BCUT2D eigenvalue weighted by atomic mass is 16.4. The van der Waals surface area contributed by atoms with Gasteiger partial charge >= 0.3 is 0 Å². The maximum absolute atomic E-state index is 8.60. The zero-order valence-corrected chi connectivity index (χ0v) is 9.64. The van der Waals surface area contributed by atoms with Crippen LogP contribution in [0.25, 0.3) is 0 Å². The molecule has 0 saturated heterocycles. The van der Waals surface area contributed by atoms with Gasteiger partial charge in [-0.05, 0) is 30.5 Å². The van der Waals surface area contributed by atoms with E-state index in [0.29, 0.717) is 6.54 Å². The smallest absolute Gasteiger partial charge is 0.156 e. The van der Waals surface area contributed by atoms with E-state index in [1.54, 1.807) is 6.20 Å². The second kappa shape index (κ2) is 6.07. The summed E-state index contributed by atoms with van der Waals surface area (Å²) in [5.41, 5.74) is 7.85. The topological polar surface area (TPSA) is 83.5 Å². The van der Waals surface area contributed by atoms with Gasteiger partial charge in [0.1, 0.15) is 0 Å². The van der Waals surface area contributed by atoms with Crippen LogP contribution in [0.4, 0.5) is 0 Å². The first-order valence-electron chi connectivity index (χ1n) is 5.29. The number of nitrogens with zero attached hydrogens (tertiary/aromatic N) is 2. The average Bonchev–Trinajstić information content (AvgIpc) is 2.31. The molecule has 0 bridgehead atoms. The Morgan fingerprint density at radius 3 is 3.00 bits per heavy atom. The van der Waals surface area contributed by atoms with Crippen LogP contribution < -0.4 is 11.1 Å². The summed E-state index contributed by atoms with van der Waals surface area (Å²) in [5.74, 6) is 0.217. The number of pyridine rings is 1. The molecule has 0 saturated carbocycles. The van der Waals surface area contributed by atoms with Crippen molar-refractivity contribution in [2.45, 2.75) is 32.9 Å². The average molecular weight is 222 g/mol. The summed E-state index contributed by atoms with van der Waals surface area (Å²) in [7, 11) is 0. The Morgan fingerprint density at radius 1 is 1.69 bits per heavy atom. The zero-order chi connectivity index (χ0) is 12.0. The highest BCUT2D eigenvalue weighted by molar-refractivity contribution is 5.85. The summed E-state index contributed by atoms with van der Waals surface area (Å²) < 4.78 is 0. The Kier molecular flexibility index (Phi) is 4.72. The molecule has 0 aliphatic carbocycles. The van der Waals surface area contributed by atoms with Gasteiger partial charge in [-0.1, -0.05) is 12.1 Å². The van der Waals surface area contributed by atoms with Crippen molar-refractivity contribution in [2.75, 3.05) is 0 Å². The van der Waals surface area contributed by atoms with E-state index in [2.05, 4.69) is 15.5 Å². The first-order chi connectivity index (χ1) is 7.69. The van der Waals surface area contributed by atoms with Gasteiger partial charge in [0.2, 0.25) is 0 Å². The number of nitrogens with one attached hydrogen (secondary N) is 1. The highest BCUT2D eigenvalue weighted by Gasteiger charge is 2.10. The lowest BCUT2D eigenvalue weighted by atomic mass is 10.1. The van der Waals surface area contributed by atoms with Crippen molar-refractivity contribution >= 4 is 5.84 Å². The van der Waals surface area contributed by atoms with Gasteiger partial charge in [-0.3, -0.25) is 4.98 Å². The molecule has 0 aliphatic rings. The Morgan fingerprint density at radius 2 is 2.44 bits per heavy atom. The molecule has 1 aromatic rings. The molecule has 0 spiro atoms. The molecule has 4 N–H and O–H groups in total. The number of oxime groups is 1. The summed E-state index contributed by atoms with van der Waals surface area (Å²) in [6.07, 6.45) is 4.36. The molecule has 1 rings (SSSR count). The van der Waals surface area contributed by atoms with E-state index in [0.717, 1.165) is 12.0 Å². The number of hydrogen-bond acceptors (Lipinski definition) is 4. The van der Waals surface area contributed by atoms with Crippen LogP contribution in [-0.2, 0) is 6.54 Å². The summed E-state index contributed by atoms with van der Waals surface area (Å²) >= 11 is 0. The minimum Gasteiger partial charge on any atom is -0.409 e. The number of hydrogen-bond donors (Lipinski definition) is 3. The molecule has 1 heterocycles. The Balaban J connectivity index is 2.60. The lowest BCUT2D eigenvalue weighted by Gasteiger charge is -2.15. The van der Waals surface area contributed by atoms with E-state index < -0.39 is 0 Å². The van der Waals surface area contributed by atoms with Crippen LogP contribution in [0.2, 0.25) is 0 Å². The fourth-order valence-corrected chi connectivity index (χ4v) is 1.46. The van der Waals surface area contributed by atoms with E-state index in [4.69, 9.17) is 10.9 Å². The van der Waals surface area contributed by atoms with Crippen molar-refractivity contribution in [3.8, 4) is 0 Å². The van der Waals surface area contributed by atoms with Crippen molar-refractivity contribution in [3.63, 3.8) is 0 Å². The summed E-state index contributed by atoms with van der Waals surface area (Å²) in [5, 5.41) is 14.8. The predicted octanol–water partition coefficient (Wildman–Crippen LogP) is 1.00. The molecule has 0 fully saturated rings. The van der Waals surface area contributed by atoms with E-state index in [9.17, 15) is 0 Å². The second-order valence-electron chi connectivity index (χ2n) is 3.67. The number of nitrogens with two attached hydrogens (primary N) is 1. The predicted molar refractivity (Wildman–Crippen MR) is 63.3 cm³/mol. The molecule has 1 atom stereocenters. The molecular formula is C11H18N4O. The van der Waals surface area contributed by atoms with Gasteiger partial charge < -0.3 is 16.3 Å². The molecule has 0 aliphatic heterocycles. The van der Waals surface area contributed by atoms with Gasteiger partial charge in [0.15, 0.2) is 5.84 Å². The fraction of sp³-hybridized carbons (Fsp3) is 0.455. The molecular weight excluding hydrogens is 204 g/mol. The van der Waals surface area contributed by atoms with Crippen LogP contribution in [0.5, 0.6) is 0 Å². The number of rotatable bonds is 5. The summed E-state index contributed by atoms with van der Waals surface area (Å²) in [4.78, 5) is 4.03. The Labute approximate surface area is 95.4 Å². The van der Waals surface area contributed by atoms with E-state index >= 15 is 0 Å². The minimum absolute atomic E-state index is 0.0995. The normalized spacial score (nSPS) is 13.8. The van der Waals surface area contributed by atoms with Gasteiger partial charge in [0.25, 0.3) is 0 Å². The van der Waals surface area contributed by atoms with Gasteiger partial charge in [0, 0.05) is 18.9 Å². The molecule has 88 valence electrons. The number of amidine groups is 1. The third kappa shape index (κ3) is 3.20. The first kappa shape index (κ1) is 12.4. The minimum atomic E-state index is -0.0995. The monoisotopic (exact) mass is 222 g/mol. The summed E-state index contributed by atoms with van der Waals surface area (Å²) in [6.45, 7) is 4.67. The fourth-order valence-electron chi connectivity index (χ4n) is 1.46. The standard InChI is InChI=1S/C11H18N4O/c1-3-10(11(12)15-16)14-7-9-4-5-13-6-8(9)2/h4-6,10,14,16H,3,7H2,1-2H3,(H2,12,15). The van der Waals surface area contributed by atoms with Gasteiger partial charge in [-0.15, -0.1) is 0 Å². The first-order valence-corrected chi connectivity index (χ1v) is 5.29. The Bertz CT molecular complexity index is 365. The maximum atomic E-state index is 8.60. The maximum Gasteiger partial charge on any atom is 0.156 e. The SMILES string of the molecule is CCC(NCc1ccncc1C)/C(N)=N/O. The van der Waals surface area contributed by atoms with Crippen LogP contribution in [-0.4, -0.2) is 22.1 Å². The van der Waals surface area contributed by atoms with Crippen LogP contribution in [0, 0.1) is 6.92 Å². The third-order valence-corrected chi connectivity index (χ3v) is 2.56. The van der Waals surface area contributed by atoms with E-state index in [1.165, 1.54) is 5.56 Å². The van der Waals surface area contributed by atoms with Crippen molar-refractivity contribution in [3.05, 3.63) is 29.6 Å². The van der Waals surface area contributed by atoms with E-state index in [-0.39, 0.29) is 11.9 Å². The number of aromatic nitrogens is 1. The van der Waals surface area contributed by atoms with Crippen molar-refractivity contribution < 1.29 is 5.21 Å². The molecule has 5 nitrogen and oxygen atoms in total. The second-order valence-corrected chi connectivity index (χ2v) is 3.67. The lowest BCUT2D eigenvalue weighted by molar-refractivity contribution is 0.314. The lowest BCUT2D eigenvalue weighted by Crippen LogP contribution is -2.40. The molecule has 0 radical (unpaired) electrons. The van der Waals surface area contributed by atoms with Crippen LogP contribution in [0.15, 0.2) is 23.6 Å². The number of aryl methyl sites for hydroxylation is 1.